The maximum Gasteiger partial charge on any atom is 0.228 e. The normalized spacial score (nSPS) is 15.6. The molecule has 0 unspecified atom stereocenters. The third kappa shape index (κ3) is 2.67. The smallest absolute Gasteiger partial charge is 0.228 e. The van der Waals surface area contributed by atoms with Gasteiger partial charge in [-0.2, -0.15) is 5.10 Å². The first-order valence-electron chi connectivity index (χ1n) is 6.74. The van der Waals surface area contributed by atoms with Crippen LogP contribution in [0.3, 0.4) is 0 Å². The second-order valence-electron chi connectivity index (χ2n) is 5.00. The Morgan fingerprint density at radius 2 is 1.95 bits per heavy atom. The Hall–Kier alpha value is -2.10. The summed E-state index contributed by atoms with van der Waals surface area (Å²) in [6.07, 6.45) is 4.32. The molecule has 0 saturated heterocycles. The van der Waals surface area contributed by atoms with Gasteiger partial charge in [-0.3, -0.25) is 9.89 Å². The lowest BCUT2D eigenvalue weighted by molar-refractivity contribution is -0.119. The molecule has 1 aromatic heterocycles. The SMILES string of the molecule is O=C(Nc1cc(-c2ccccc2)[nH]n1)C1CCCC1. The minimum atomic E-state index is 0.101. The van der Waals surface area contributed by atoms with Crippen LogP contribution in [-0.2, 0) is 4.79 Å². The van der Waals surface area contributed by atoms with Gasteiger partial charge in [0.2, 0.25) is 5.91 Å². The van der Waals surface area contributed by atoms with Crippen LogP contribution in [0.5, 0.6) is 0 Å². The quantitative estimate of drug-likeness (QED) is 0.884. The monoisotopic (exact) mass is 255 g/mol. The molecule has 0 radical (unpaired) electrons. The molecule has 1 aliphatic rings. The summed E-state index contributed by atoms with van der Waals surface area (Å²) >= 11 is 0. The van der Waals surface area contributed by atoms with Gasteiger partial charge in [0, 0.05) is 12.0 Å². The number of aromatic amines is 1. The lowest BCUT2D eigenvalue weighted by Crippen LogP contribution is -2.20. The zero-order valence-electron chi connectivity index (χ0n) is 10.7. The predicted molar refractivity (Wildman–Crippen MR) is 74.6 cm³/mol. The van der Waals surface area contributed by atoms with Gasteiger partial charge >= 0.3 is 0 Å². The molecule has 3 rings (SSSR count). The zero-order chi connectivity index (χ0) is 13.1. The van der Waals surface area contributed by atoms with Crippen molar-refractivity contribution in [3.63, 3.8) is 0 Å². The van der Waals surface area contributed by atoms with Gasteiger partial charge in [0.15, 0.2) is 5.82 Å². The molecule has 2 aromatic rings. The van der Waals surface area contributed by atoms with Crippen molar-refractivity contribution in [3.8, 4) is 11.3 Å². The number of carbonyl (C=O) groups is 1. The van der Waals surface area contributed by atoms with E-state index in [1.165, 1.54) is 0 Å². The molecular weight excluding hydrogens is 238 g/mol. The highest BCUT2D eigenvalue weighted by atomic mass is 16.1. The molecule has 19 heavy (non-hydrogen) atoms. The zero-order valence-corrected chi connectivity index (χ0v) is 10.7. The van der Waals surface area contributed by atoms with Gasteiger partial charge in [0.05, 0.1) is 5.69 Å². The van der Waals surface area contributed by atoms with Gasteiger partial charge in [0.25, 0.3) is 0 Å². The number of carbonyl (C=O) groups excluding carboxylic acids is 1. The molecule has 0 aliphatic heterocycles. The molecule has 1 fully saturated rings. The largest absolute Gasteiger partial charge is 0.309 e. The Bertz CT molecular complexity index is 556. The maximum atomic E-state index is 12.0. The van der Waals surface area contributed by atoms with E-state index < -0.39 is 0 Å². The summed E-state index contributed by atoms with van der Waals surface area (Å²) in [7, 11) is 0. The summed E-state index contributed by atoms with van der Waals surface area (Å²) in [4.78, 5) is 12.0. The fraction of sp³-hybridized carbons (Fsp3) is 0.333. The van der Waals surface area contributed by atoms with Gasteiger partial charge in [-0.05, 0) is 18.4 Å². The number of anilines is 1. The lowest BCUT2D eigenvalue weighted by atomic mass is 10.1. The highest BCUT2D eigenvalue weighted by Crippen LogP contribution is 2.26. The third-order valence-corrected chi connectivity index (χ3v) is 3.64. The Morgan fingerprint density at radius 3 is 2.68 bits per heavy atom. The topological polar surface area (TPSA) is 57.8 Å². The second-order valence-corrected chi connectivity index (χ2v) is 5.00. The minimum Gasteiger partial charge on any atom is -0.309 e. The van der Waals surface area contributed by atoms with Crippen molar-refractivity contribution in [3.05, 3.63) is 36.4 Å². The molecule has 1 heterocycles. The lowest BCUT2D eigenvalue weighted by Gasteiger charge is -2.07. The van der Waals surface area contributed by atoms with Crippen LogP contribution in [0.2, 0.25) is 0 Å². The molecule has 98 valence electrons. The Kier molecular flexibility index (Phi) is 3.31. The maximum absolute atomic E-state index is 12.0. The molecule has 4 nitrogen and oxygen atoms in total. The van der Waals surface area contributed by atoms with Crippen LogP contribution in [-0.4, -0.2) is 16.1 Å². The average Bonchev–Trinajstić information content (AvgIpc) is 3.11. The van der Waals surface area contributed by atoms with E-state index in [0.29, 0.717) is 5.82 Å². The van der Waals surface area contributed by atoms with Crippen LogP contribution in [0.1, 0.15) is 25.7 Å². The summed E-state index contributed by atoms with van der Waals surface area (Å²) in [6.45, 7) is 0. The van der Waals surface area contributed by atoms with Crippen LogP contribution in [0.15, 0.2) is 36.4 Å². The van der Waals surface area contributed by atoms with Crippen molar-refractivity contribution in [1.82, 2.24) is 10.2 Å². The number of hydrogen-bond donors (Lipinski definition) is 2. The van der Waals surface area contributed by atoms with E-state index in [-0.39, 0.29) is 11.8 Å². The molecule has 1 aliphatic carbocycles. The van der Waals surface area contributed by atoms with Crippen LogP contribution in [0.25, 0.3) is 11.3 Å². The van der Waals surface area contributed by atoms with E-state index in [4.69, 9.17) is 0 Å². The minimum absolute atomic E-state index is 0.101. The molecule has 0 atom stereocenters. The molecule has 4 heteroatoms. The summed E-state index contributed by atoms with van der Waals surface area (Å²) in [5.41, 5.74) is 1.98. The van der Waals surface area contributed by atoms with Crippen molar-refractivity contribution in [2.75, 3.05) is 5.32 Å². The number of benzene rings is 1. The van der Waals surface area contributed by atoms with Gasteiger partial charge in [0.1, 0.15) is 0 Å². The van der Waals surface area contributed by atoms with E-state index in [2.05, 4.69) is 15.5 Å². The van der Waals surface area contributed by atoms with Crippen LogP contribution < -0.4 is 5.32 Å². The Balaban J connectivity index is 1.70. The van der Waals surface area contributed by atoms with Crippen molar-refractivity contribution >= 4 is 11.7 Å². The van der Waals surface area contributed by atoms with E-state index in [1.807, 2.05) is 36.4 Å². The van der Waals surface area contributed by atoms with Crippen LogP contribution in [0, 0.1) is 5.92 Å². The first-order chi connectivity index (χ1) is 9.33. The second kappa shape index (κ2) is 5.26. The number of nitrogens with one attached hydrogen (secondary N) is 2. The van der Waals surface area contributed by atoms with Crippen molar-refractivity contribution in [2.45, 2.75) is 25.7 Å². The number of amides is 1. The van der Waals surface area contributed by atoms with Crippen LogP contribution >= 0.6 is 0 Å². The molecule has 1 amide bonds. The standard InChI is InChI=1S/C15H17N3O/c19-15(12-8-4-5-9-12)16-14-10-13(17-18-14)11-6-2-1-3-7-11/h1-3,6-7,10,12H,4-5,8-9H2,(H2,16,17,18,19). The van der Waals surface area contributed by atoms with Gasteiger partial charge < -0.3 is 5.32 Å². The van der Waals surface area contributed by atoms with Crippen LogP contribution in [0.4, 0.5) is 5.82 Å². The van der Waals surface area contributed by atoms with E-state index in [1.54, 1.807) is 0 Å². The first-order valence-corrected chi connectivity index (χ1v) is 6.74. The van der Waals surface area contributed by atoms with Gasteiger partial charge in [-0.1, -0.05) is 43.2 Å². The fourth-order valence-electron chi connectivity index (χ4n) is 2.57. The molecule has 0 bridgehead atoms. The number of aromatic nitrogens is 2. The molecular formula is C15H17N3O. The number of hydrogen-bond acceptors (Lipinski definition) is 2. The third-order valence-electron chi connectivity index (χ3n) is 3.64. The highest BCUT2D eigenvalue weighted by Gasteiger charge is 2.23. The average molecular weight is 255 g/mol. The Morgan fingerprint density at radius 1 is 1.21 bits per heavy atom. The molecule has 1 saturated carbocycles. The number of rotatable bonds is 3. The number of nitrogens with zero attached hydrogens (tertiary/aromatic N) is 1. The number of H-pyrrole nitrogens is 1. The summed E-state index contributed by atoms with van der Waals surface area (Å²) < 4.78 is 0. The summed E-state index contributed by atoms with van der Waals surface area (Å²) in [5.74, 6) is 0.872. The van der Waals surface area contributed by atoms with Gasteiger partial charge in [-0.25, -0.2) is 0 Å². The van der Waals surface area contributed by atoms with Crippen molar-refractivity contribution in [2.24, 2.45) is 5.92 Å². The van der Waals surface area contributed by atoms with Crippen molar-refractivity contribution < 1.29 is 4.79 Å². The van der Waals surface area contributed by atoms with E-state index in [0.717, 1.165) is 36.9 Å². The first kappa shape index (κ1) is 12.0. The highest BCUT2D eigenvalue weighted by molar-refractivity contribution is 5.92. The predicted octanol–water partition coefficient (Wildman–Crippen LogP) is 3.21. The van der Waals surface area contributed by atoms with Gasteiger partial charge in [-0.15, -0.1) is 0 Å². The van der Waals surface area contributed by atoms with Crippen molar-refractivity contribution in [1.29, 1.82) is 0 Å². The summed E-state index contributed by atoms with van der Waals surface area (Å²) in [6, 6.07) is 11.8. The van der Waals surface area contributed by atoms with E-state index in [9.17, 15) is 4.79 Å². The fourth-order valence-corrected chi connectivity index (χ4v) is 2.57. The summed E-state index contributed by atoms with van der Waals surface area (Å²) in [5, 5.41) is 9.99. The molecule has 1 aromatic carbocycles. The molecule has 0 spiro atoms. The molecule has 2 N–H and O–H groups in total. The van der Waals surface area contributed by atoms with E-state index >= 15 is 0 Å². The Labute approximate surface area is 112 Å².